The zero-order valence-electron chi connectivity index (χ0n) is 16.9. The van der Waals surface area contributed by atoms with Crippen LogP contribution in [0.1, 0.15) is 30.2 Å². The highest BCUT2D eigenvalue weighted by atomic mass is 16.2. The molecule has 0 radical (unpaired) electrons. The molecule has 7 heteroatoms. The zero-order chi connectivity index (χ0) is 20.8. The molecule has 29 heavy (non-hydrogen) atoms. The van der Waals surface area contributed by atoms with E-state index in [4.69, 9.17) is 5.73 Å². The number of carbonyl (C=O) groups is 1. The molecule has 0 unspecified atom stereocenters. The number of aromatic nitrogens is 4. The molecule has 4 rings (SSSR count). The average Bonchev–Trinajstić information content (AvgIpc) is 2.96. The van der Waals surface area contributed by atoms with Crippen LogP contribution in [0.3, 0.4) is 0 Å². The molecule has 3 heterocycles. The Hall–Kier alpha value is -3.53. The van der Waals surface area contributed by atoms with E-state index in [1.807, 2.05) is 46.0 Å². The fourth-order valence-electron chi connectivity index (χ4n) is 3.52. The molecular formula is C22H22N6O. The van der Waals surface area contributed by atoms with Crippen LogP contribution in [0, 0.1) is 31.1 Å². The predicted octanol–water partition coefficient (Wildman–Crippen LogP) is 2.51. The monoisotopic (exact) mass is 386 g/mol. The molecular weight excluding hydrogens is 364 g/mol. The molecule has 1 saturated heterocycles. The second-order valence-electron chi connectivity index (χ2n) is 7.68. The number of fused-ring (bicyclic) bond motifs is 1. The molecule has 1 fully saturated rings. The van der Waals surface area contributed by atoms with Gasteiger partial charge in [-0.25, -0.2) is 19.9 Å². The van der Waals surface area contributed by atoms with Crippen LogP contribution in [0.15, 0.2) is 24.5 Å². The van der Waals surface area contributed by atoms with Gasteiger partial charge in [-0.2, -0.15) is 0 Å². The van der Waals surface area contributed by atoms with Gasteiger partial charge in [-0.3, -0.25) is 4.79 Å². The fraction of sp³-hybridized carbons (Fsp3) is 0.318. The highest BCUT2D eigenvalue weighted by Crippen LogP contribution is 2.30. The molecule has 1 aliphatic heterocycles. The number of carbonyl (C=O) groups excluding carboxylic acids is 1. The lowest BCUT2D eigenvalue weighted by Crippen LogP contribution is -2.28. The minimum absolute atomic E-state index is 0.0706. The topological polar surface area (TPSA) is 97.9 Å². The number of amides is 1. The summed E-state index contributed by atoms with van der Waals surface area (Å²) in [4.78, 5) is 31.6. The minimum Gasteiger partial charge on any atom is -0.382 e. The molecule has 0 bridgehead atoms. The van der Waals surface area contributed by atoms with Crippen LogP contribution in [0.5, 0.6) is 0 Å². The molecule has 2 aromatic heterocycles. The van der Waals surface area contributed by atoms with E-state index in [1.165, 1.54) is 6.33 Å². The number of rotatable bonds is 1. The molecule has 1 aliphatic rings. The number of anilines is 1. The smallest absolute Gasteiger partial charge is 0.240 e. The van der Waals surface area contributed by atoms with Gasteiger partial charge < -0.3 is 10.6 Å². The van der Waals surface area contributed by atoms with E-state index in [0.29, 0.717) is 22.7 Å². The van der Waals surface area contributed by atoms with E-state index in [-0.39, 0.29) is 5.91 Å². The van der Waals surface area contributed by atoms with Gasteiger partial charge in [0, 0.05) is 24.7 Å². The Morgan fingerprint density at radius 3 is 2.69 bits per heavy atom. The lowest BCUT2D eigenvalue weighted by Gasteiger charge is -2.14. The number of likely N-dealkylation sites (tertiary alicyclic amines) is 1. The second kappa shape index (κ2) is 6.82. The summed E-state index contributed by atoms with van der Waals surface area (Å²) >= 11 is 0. The third-order valence-corrected chi connectivity index (χ3v) is 5.41. The summed E-state index contributed by atoms with van der Waals surface area (Å²) in [7, 11) is 1.81. The second-order valence-corrected chi connectivity index (χ2v) is 7.68. The summed E-state index contributed by atoms with van der Waals surface area (Å²) in [5.41, 5.74) is 9.98. The Bertz CT molecular complexity index is 1210. The van der Waals surface area contributed by atoms with Crippen molar-refractivity contribution >= 4 is 22.8 Å². The molecule has 2 N–H and O–H groups in total. The Balaban J connectivity index is 1.78. The van der Waals surface area contributed by atoms with E-state index in [9.17, 15) is 4.79 Å². The summed E-state index contributed by atoms with van der Waals surface area (Å²) < 4.78 is 0. The molecule has 7 nitrogen and oxygen atoms in total. The van der Waals surface area contributed by atoms with Gasteiger partial charge in [0.15, 0.2) is 11.6 Å². The highest BCUT2D eigenvalue weighted by Gasteiger charge is 2.39. The molecule has 0 spiro atoms. The van der Waals surface area contributed by atoms with E-state index < -0.39 is 5.41 Å². The summed E-state index contributed by atoms with van der Waals surface area (Å²) in [5, 5.41) is 0. The van der Waals surface area contributed by atoms with E-state index in [0.717, 1.165) is 35.3 Å². The summed E-state index contributed by atoms with van der Waals surface area (Å²) in [5.74, 6) is 7.31. The first-order chi connectivity index (χ1) is 13.8. The minimum atomic E-state index is -0.637. The van der Waals surface area contributed by atoms with Crippen molar-refractivity contribution in [1.29, 1.82) is 0 Å². The van der Waals surface area contributed by atoms with Crippen molar-refractivity contribution in [2.24, 2.45) is 5.41 Å². The Morgan fingerprint density at radius 1 is 1.17 bits per heavy atom. The van der Waals surface area contributed by atoms with Gasteiger partial charge in [0.1, 0.15) is 22.8 Å². The molecule has 0 saturated carbocycles. The van der Waals surface area contributed by atoms with Crippen LogP contribution in [0.2, 0.25) is 0 Å². The number of nitrogen functional groups attached to an aromatic ring is 1. The molecule has 1 aromatic carbocycles. The van der Waals surface area contributed by atoms with Gasteiger partial charge in [-0.05, 0) is 44.9 Å². The summed E-state index contributed by atoms with van der Waals surface area (Å²) in [6, 6.07) is 5.89. The van der Waals surface area contributed by atoms with Crippen molar-refractivity contribution in [1.82, 2.24) is 24.8 Å². The lowest BCUT2D eigenvalue weighted by molar-refractivity contribution is -0.131. The first-order valence-corrected chi connectivity index (χ1v) is 9.43. The third-order valence-electron chi connectivity index (χ3n) is 5.41. The molecule has 1 atom stereocenters. The molecule has 146 valence electrons. The quantitative estimate of drug-likeness (QED) is 0.645. The van der Waals surface area contributed by atoms with Gasteiger partial charge >= 0.3 is 0 Å². The summed E-state index contributed by atoms with van der Waals surface area (Å²) in [6.07, 6.45) is 2.15. The molecule has 1 amide bonds. The normalized spacial score (nSPS) is 18.8. The lowest BCUT2D eigenvalue weighted by atomic mass is 9.89. The molecule has 0 aliphatic carbocycles. The Kier molecular flexibility index (Phi) is 4.42. The number of hydrogen-bond acceptors (Lipinski definition) is 6. The van der Waals surface area contributed by atoms with Crippen molar-refractivity contribution < 1.29 is 4.79 Å². The maximum absolute atomic E-state index is 12.4. The Morgan fingerprint density at radius 2 is 1.97 bits per heavy atom. The van der Waals surface area contributed by atoms with Crippen molar-refractivity contribution in [3.05, 3.63) is 41.3 Å². The maximum Gasteiger partial charge on any atom is 0.240 e. The number of aryl methyl sites for hydroxylation is 2. The SMILES string of the molecule is Cc1ccc(C#C[C@]2(C)CCN(C)C2=O)cc1-c1nc(C)c2ncnc(N)c2n1. The van der Waals surface area contributed by atoms with Crippen LogP contribution in [-0.4, -0.2) is 44.3 Å². The van der Waals surface area contributed by atoms with Crippen LogP contribution in [-0.2, 0) is 4.79 Å². The standard InChI is InChI=1S/C22H22N6O/c1-13-5-6-15(7-8-22(3)9-10-28(4)21(22)29)11-16(13)20-26-14(2)17-18(27-20)19(23)25-12-24-17/h5-6,11-12H,9-10H2,1-4H3,(H2,23,24,25)/t22-/m1/s1. The first-order valence-electron chi connectivity index (χ1n) is 9.43. The number of nitrogens with two attached hydrogens (primary N) is 1. The number of hydrogen-bond donors (Lipinski definition) is 1. The van der Waals surface area contributed by atoms with Gasteiger partial charge in [-0.1, -0.05) is 17.9 Å². The number of nitrogens with zero attached hydrogens (tertiary/aromatic N) is 5. The Labute approximate surface area is 169 Å². The van der Waals surface area contributed by atoms with Crippen LogP contribution >= 0.6 is 0 Å². The van der Waals surface area contributed by atoms with Crippen LogP contribution < -0.4 is 5.73 Å². The van der Waals surface area contributed by atoms with Crippen LogP contribution in [0.4, 0.5) is 5.82 Å². The molecule has 3 aromatic rings. The predicted molar refractivity (Wildman–Crippen MR) is 112 cm³/mol. The van der Waals surface area contributed by atoms with Crippen molar-refractivity contribution in [3.63, 3.8) is 0 Å². The van der Waals surface area contributed by atoms with Crippen molar-refractivity contribution in [2.45, 2.75) is 27.2 Å². The largest absolute Gasteiger partial charge is 0.382 e. The van der Waals surface area contributed by atoms with E-state index in [2.05, 4.69) is 31.8 Å². The fourth-order valence-corrected chi connectivity index (χ4v) is 3.52. The van der Waals surface area contributed by atoms with Crippen molar-refractivity contribution in [2.75, 3.05) is 19.3 Å². The van der Waals surface area contributed by atoms with Gasteiger partial charge in [0.2, 0.25) is 5.91 Å². The van der Waals surface area contributed by atoms with E-state index >= 15 is 0 Å². The zero-order valence-corrected chi connectivity index (χ0v) is 16.9. The highest BCUT2D eigenvalue weighted by molar-refractivity contribution is 5.88. The van der Waals surface area contributed by atoms with Gasteiger partial charge in [-0.15, -0.1) is 0 Å². The maximum atomic E-state index is 12.4. The van der Waals surface area contributed by atoms with Gasteiger partial charge in [0.25, 0.3) is 0 Å². The van der Waals surface area contributed by atoms with Crippen LogP contribution in [0.25, 0.3) is 22.4 Å². The van der Waals surface area contributed by atoms with Gasteiger partial charge in [0.05, 0.1) is 5.69 Å². The number of benzene rings is 1. The van der Waals surface area contributed by atoms with Crippen molar-refractivity contribution in [3.8, 4) is 23.2 Å². The van der Waals surface area contributed by atoms with E-state index in [1.54, 1.807) is 4.90 Å². The average molecular weight is 386 g/mol. The first kappa shape index (κ1) is 18.8. The third kappa shape index (κ3) is 3.27. The summed E-state index contributed by atoms with van der Waals surface area (Å²) in [6.45, 7) is 6.51.